The van der Waals surface area contributed by atoms with E-state index in [4.69, 9.17) is 26.1 Å². The number of amides is 1. The van der Waals surface area contributed by atoms with E-state index in [0.717, 1.165) is 0 Å². The van der Waals surface area contributed by atoms with E-state index in [1.165, 1.54) is 18.6 Å². The van der Waals surface area contributed by atoms with Crippen molar-refractivity contribution < 1.29 is 18.7 Å². The van der Waals surface area contributed by atoms with Gasteiger partial charge in [-0.3, -0.25) is 4.90 Å². The Morgan fingerprint density at radius 3 is 2.62 bits per heavy atom. The van der Waals surface area contributed by atoms with Gasteiger partial charge in [0, 0.05) is 32.7 Å². The van der Waals surface area contributed by atoms with Gasteiger partial charge in [0.05, 0.1) is 29.3 Å². The van der Waals surface area contributed by atoms with E-state index in [9.17, 15) is 4.79 Å². The molecule has 1 fully saturated rings. The molecule has 1 aliphatic rings. The number of carbonyl (C=O) groups excluding carboxylic acids is 1. The van der Waals surface area contributed by atoms with Gasteiger partial charge in [-0.05, 0) is 58.9 Å². The number of pyridine rings is 2. The van der Waals surface area contributed by atoms with Crippen LogP contribution in [0.2, 0.25) is 5.02 Å². The van der Waals surface area contributed by atoms with Crippen LogP contribution in [0.1, 0.15) is 34.6 Å². The molecular formula is C31H33ClFN9O3. The molecule has 14 heteroatoms. The van der Waals surface area contributed by atoms with E-state index in [-0.39, 0.29) is 22.6 Å². The van der Waals surface area contributed by atoms with Crippen molar-refractivity contribution in [2.45, 2.75) is 45.8 Å². The van der Waals surface area contributed by atoms with Crippen LogP contribution in [-0.2, 0) is 11.8 Å². The molecule has 12 nitrogen and oxygen atoms in total. The summed E-state index contributed by atoms with van der Waals surface area (Å²) < 4.78 is 28.8. The van der Waals surface area contributed by atoms with E-state index < -0.39 is 17.0 Å². The van der Waals surface area contributed by atoms with Crippen LogP contribution in [0.25, 0.3) is 22.2 Å². The van der Waals surface area contributed by atoms with E-state index in [0.29, 0.717) is 59.2 Å². The van der Waals surface area contributed by atoms with Crippen molar-refractivity contribution >= 4 is 57.2 Å². The van der Waals surface area contributed by atoms with Crippen molar-refractivity contribution in [1.82, 2.24) is 34.4 Å². The van der Waals surface area contributed by atoms with Gasteiger partial charge < -0.3 is 24.3 Å². The van der Waals surface area contributed by atoms with Crippen LogP contribution < -0.4 is 15.0 Å². The number of halogens is 2. The zero-order chi connectivity index (χ0) is 32.1. The van der Waals surface area contributed by atoms with E-state index in [2.05, 4.69) is 30.2 Å². The Morgan fingerprint density at radius 2 is 1.87 bits per heavy atom. The minimum atomic E-state index is -0.719. The molecule has 5 aromatic rings. The topological polar surface area (TPSA) is 123 Å². The molecule has 0 bridgehead atoms. The second-order valence-corrected chi connectivity index (χ2v) is 12.8. The van der Waals surface area contributed by atoms with E-state index in [1.807, 2.05) is 53.8 Å². The number of hydrogen-bond donors (Lipinski definition) is 1. The number of imidazole rings is 1. The third kappa shape index (κ3) is 6.12. The summed E-state index contributed by atoms with van der Waals surface area (Å²) in [7, 11) is 1.84. The molecule has 1 aromatic carbocycles. The highest BCUT2D eigenvalue weighted by Crippen LogP contribution is 2.37. The Hall–Kier alpha value is -4.78. The Kier molecular flexibility index (Phi) is 7.59. The molecule has 0 spiro atoms. The predicted octanol–water partition coefficient (Wildman–Crippen LogP) is 6.47. The molecule has 1 amide bonds. The maximum absolute atomic E-state index is 15.5. The molecule has 0 unspecified atom stereocenters. The second kappa shape index (κ2) is 11.3. The van der Waals surface area contributed by atoms with Gasteiger partial charge in [0.2, 0.25) is 0 Å². The number of fused-ring (bicyclic) bond motifs is 2. The predicted molar refractivity (Wildman–Crippen MR) is 170 cm³/mol. The van der Waals surface area contributed by atoms with Gasteiger partial charge >= 0.3 is 6.09 Å². The molecule has 6 rings (SSSR count). The Labute approximate surface area is 264 Å². The number of nitrogens with zero attached hydrogens (tertiary/aromatic N) is 8. The average Bonchev–Trinajstić information content (AvgIpc) is 3.35. The lowest BCUT2D eigenvalue weighted by atomic mass is 9.99. The van der Waals surface area contributed by atoms with Gasteiger partial charge in [-0.15, -0.1) is 0 Å². The van der Waals surface area contributed by atoms with Crippen LogP contribution in [0.15, 0.2) is 49.2 Å². The van der Waals surface area contributed by atoms with Gasteiger partial charge in [-0.1, -0.05) is 11.6 Å². The number of nitrogens with one attached hydrogen (secondary N) is 1. The largest absolute Gasteiger partial charge is 0.454 e. The Bertz CT molecular complexity index is 1920. The standard InChI is InChI=1S/C31H33ClFN9O3/c1-30(2,3)45-29(43)42-12-11-41(15-31(42,4)5)23-10-8-20-26(39-23)27(36-16-35-20)38-19-7-9-22(24(32)25(19)33)44-18-13-21-28(34-14-18)40(6)17-37-21/h7-10,13-14,16-17H,11-12,15H2,1-6H3,(H,35,36,38). The molecule has 45 heavy (non-hydrogen) atoms. The summed E-state index contributed by atoms with van der Waals surface area (Å²) in [4.78, 5) is 38.9. The molecule has 0 aliphatic carbocycles. The van der Waals surface area contributed by atoms with Crippen LogP contribution in [0, 0.1) is 5.82 Å². The third-order valence-electron chi connectivity index (χ3n) is 7.36. The number of ether oxygens (including phenoxy) is 2. The number of anilines is 3. The molecule has 0 radical (unpaired) electrons. The fraction of sp³-hybridized carbons (Fsp3) is 0.355. The van der Waals surface area contributed by atoms with Crippen molar-refractivity contribution in [2.75, 3.05) is 29.9 Å². The molecule has 1 N–H and O–H groups in total. The quantitative estimate of drug-likeness (QED) is 0.230. The lowest BCUT2D eigenvalue weighted by molar-refractivity contribution is 0.000312. The normalized spacial score (nSPS) is 15.0. The molecule has 4 aromatic heterocycles. The maximum Gasteiger partial charge on any atom is 0.410 e. The summed E-state index contributed by atoms with van der Waals surface area (Å²) in [6.07, 6.45) is 4.21. The van der Waals surface area contributed by atoms with Gasteiger partial charge in [0.15, 0.2) is 17.3 Å². The first kappa shape index (κ1) is 30.3. The first-order valence-corrected chi connectivity index (χ1v) is 14.7. The van der Waals surface area contributed by atoms with Gasteiger partial charge in [0.1, 0.15) is 45.3 Å². The molecule has 1 saturated heterocycles. The summed E-state index contributed by atoms with van der Waals surface area (Å²) in [6, 6.07) is 8.49. The number of aryl methyl sites for hydroxylation is 1. The van der Waals surface area contributed by atoms with Crippen LogP contribution in [0.3, 0.4) is 0 Å². The van der Waals surface area contributed by atoms with E-state index in [1.54, 1.807) is 27.9 Å². The number of aromatic nitrogens is 6. The molecule has 0 atom stereocenters. The van der Waals surface area contributed by atoms with Crippen LogP contribution >= 0.6 is 11.6 Å². The van der Waals surface area contributed by atoms with Crippen LogP contribution in [0.4, 0.5) is 26.5 Å². The third-order valence-corrected chi connectivity index (χ3v) is 7.71. The monoisotopic (exact) mass is 633 g/mol. The molecule has 234 valence electrons. The zero-order valence-electron chi connectivity index (χ0n) is 25.8. The Balaban J connectivity index is 1.23. The maximum atomic E-state index is 15.5. The highest BCUT2D eigenvalue weighted by atomic mass is 35.5. The first-order valence-electron chi connectivity index (χ1n) is 14.4. The van der Waals surface area contributed by atoms with Gasteiger partial charge in [0.25, 0.3) is 0 Å². The number of hydrogen-bond acceptors (Lipinski definition) is 10. The summed E-state index contributed by atoms with van der Waals surface area (Å²) in [5.74, 6) is 0.763. The van der Waals surface area contributed by atoms with Crippen molar-refractivity contribution in [3.05, 3.63) is 60.0 Å². The minimum Gasteiger partial charge on any atom is -0.454 e. The highest BCUT2D eigenvalue weighted by Gasteiger charge is 2.39. The fourth-order valence-electron chi connectivity index (χ4n) is 5.22. The summed E-state index contributed by atoms with van der Waals surface area (Å²) in [5.41, 5.74) is 1.34. The second-order valence-electron chi connectivity index (χ2n) is 12.5. The van der Waals surface area contributed by atoms with Crippen molar-refractivity contribution in [3.63, 3.8) is 0 Å². The summed E-state index contributed by atoms with van der Waals surface area (Å²) >= 11 is 6.41. The van der Waals surface area contributed by atoms with Crippen molar-refractivity contribution in [3.8, 4) is 11.5 Å². The molecule has 0 saturated carbocycles. The SMILES string of the molecule is Cn1cnc2cc(Oc3ccc(Nc4ncnc5ccc(N6CCN(C(=O)OC(C)(C)C)C(C)(C)C6)nc45)c(F)c3Cl)cnc21. The van der Waals surface area contributed by atoms with Crippen LogP contribution in [-0.4, -0.2) is 71.3 Å². The van der Waals surface area contributed by atoms with Crippen molar-refractivity contribution in [2.24, 2.45) is 7.05 Å². The minimum absolute atomic E-state index is 0.0879. The van der Waals surface area contributed by atoms with Gasteiger partial charge in [-0.25, -0.2) is 34.1 Å². The number of piperazine rings is 1. The molecule has 5 heterocycles. The zero-order valence-corrected chi connectivity index (χ0v) is 26.6. The number of carbonyl (C=O) groups is 1. The fourth-order valence-corrected chi connectivity index (χ4v) is 5.42. The number of benzene rings is 1. The first-order chi connectivity index (χ1) is 21.3. The number of rotatable bonds is 5. The average molecular weight is 634 g/mol. The van der Waals surface area contributed by atoms with Gasteiger partial charge in [-0.2, -0.15) is 0 Å². The highest BCUT2D eigenvalue weighted by molar-refractivity contribution is 6.32. The Morgan fingerprint density at radius 1 is 1.07 bits per heavy atom. The van der Waals surface area contributed by atoms with Crippen molar-refractivity contribution in [1.29, 1.82) is 0 Å². The lowest BCUT2D eigenvalue weighted by Crippen LogP contribution is -2.62. The molecular weight excluding hydrogens is 601 g/mol. The molecule has 1 aliphatic heterocycles. The summed E-state index contributed by atoms with van der Waals surface area (Å²) in [6.45, 7) is 11.1. The van der Waals surface area contributed by atoms with E-state index >= 15 is 4.39 Å². The summed E-state index contributed by atoms with van der Waals surface area (Å²) in [5, 5.41) is 2.81. The lowest BCUT2D eigenvalue weighted by Gasteiger charge is -2.47. The smallest absolute Gasteiger partial charge is 0.410 e. The van der Waals surface area contributed by atoms with Crippen LogP contribution in [0.5, 0.6) is 11.5 Å².